The second-order valence-corrected chi connectivity index (χ2v) is 11.2. The fourth-order valence-electron chi connectivity index (χ4n) is 4.26. The van der Waals surface area contributed by atoms with E-state index in [1.54, 1.807) is 0 Å². The number of aromatic nitrogens is 1. The van der Waals surface area contributed by atoms with Gasteiger partial charge in [0.2, 0.25) is 0 Å². The summed E-state index contributed by atoms with van der Waals surface area (Å²) in [6.07, 6.45) is 5.20. The third kappa shape index (κ3) is 4.05. The first kappa shape index (κ1) is 19.2. The largest absolute Gasteiger partial charge is 0.598 e. The van der Waals surface area contributed by atoms with Gasteiger partial charge < -0.3 is 9.45 Å². The van der Waals surface area contributed by atoms with Gasteiger partial charge in [0, 0.05) is 35.2 Å². The standard InChI is InChI=1S/C20H33N3OS/c1-15(2)14-23-11-8-20(9-12-23)13-17-16(7-6-10-21-17)18(20)22-25(24)19(3,4)5/h6-7,10,15,18,22H,8-9,11-14H2,1-5H3/t18-,25?/m1/s1. The Balaban J connectivity index is 1.81. The fraction of sp³-hybridized carbons (Fsp3) is 0.750. The molecule has 0 radical (unpaired) electrons. The lowest BCUT2D eigenvalue weighted by molar-refractivity contribution is 0.0770. The fourth-order valence-corrected chi connectivity index (χ4v) is 5.21. The number of nitrogens with zero attached hydrogens (tertiary/aromatic N) is 2. The van der Waals surface area contributed by atoms with Crippen LogP contribution in [0.2, 0.25) is 0 Å². The van der Waals surface area contributed by atoms with Gasteiger partial charge in [-0.2, -0.15) is 0 Å². The van der Waals surface area contributed by atoms with E-state index in [-0.39, 0.29) is 16.2 Å². The Morgan fingerprint density at radius 2 is 2.04 bits per heavy atom. The minimum Gasteiger partial charge on any atom is -0.598 e. The molecule has 1 fully saturated rings. The number of nitrogens with one attached hydrogen (secondary N) is 1. The van der Waals surface area contributed by atoms with Gasteiger partial charge in [-0.25, -0.2) is 0 Å². The van der Waals surface area contributed by atoms with E-state index >= 15 is 0 Å². The van der Waals surface area contributed by atoms with Crippen LogP contribution in [0, 0.1) is 11.3 Å². The first-order chi connectivity index (χ1) is 11.7. The maximum absolute atomic E-state index is 12.8. The number of hydrogen-bond acceptors (Lipinski definition) is 4. The molecule has 3 rings (SSSR count). The molecule has 2 aliphatic rings. The lowest BCUT2D eigenvalue weighted by atomic mass is 9.73. The van der Waals surface area contributed by atoms with Crippen molar-refractivity contribution in [2.24, 2.45) is 11.3 Å². The molecule has 1 aliphatic heterocycles. The van der Waals surface area contributed by atoms with Crippen LogP contribution in [-0.4, -0.2) is 38.8 Å². The zero-order valence-corrected chi connectivity index (χ0v) is 17.2. The molecule has 2 atom stereocenters. The average Bonchev–Trinajstić information content (AvgIpc) is 2.82. The molecule has 0 saturated carbocycles. The Kier molecular flexibility index (Phi) is 5.50. The van der Waals surface area contributed by atoms with E-state index in [1.165, 1.54) is 17.8 Å². The molecule has 0 aromatic carbocycles. The van der Waals surface area contributed by atoms with Gasteiger partial charge in [0.1, 0.15) is 4.75 Å². The molecule has 5 heteroatoms. The summed E-state index contributed by atoms with van der Waals surface area (Å²) in [6.45, 7) is 14.1. The van der Waals surface area contributed by atoms with Gasteiger partial charge in [-0.05, 0) is 70.7 Å². The predicted molar refractivity (Wildman–Crippen MR) is 105 cm³/mol. The van der Waals surface area contributed by atoms with Crippen molar-refractivity contribution in [2.75, 3.05) is 19.6 Å². The topological polar surface area (TPSA) is 51.2 Å². The normalized spacial score (nSPS) is 24.7. The van der Waals surface area contributed by atoms with Gasteiger partial charge in [-0.15, -0.1) is 4.72 Å². The lowest BCUT2D eigenvalue weighted by Gasteiger charge is -2.44. The molecule has 1 N–H and O–H groups in total. The van der Waals surface area contributed by atoms with E-state index in [2.05, 4.69) is 34.5 Å². The Morgan fingerprint density at radius 3 is 2.64 bits per heavy atom. The van der Waals surface area contributed by atoms with Crippen molar-refractivity contribution in [3.8, 4) is 0 Å². The number of rotatable bonds is 4. The summed E-state index contributed by atoms with van der Waals surface area (Å²) in [5, 5.41) is 0. The van der Waals surface area contributed by atoms with Crippen molar-refractivity contribution in [1.82, 2.24) is 14.6 Å². The van der Waals surface area contributed by atoms with Gasteiger partial charge in [0.15, 0.2) is 0 Å². The third-order valence-corrected chi connectivity index (χ3v) is 7.19. The second kappa shape index (κ2) is 7.18. The van der Waals surface area contributed by atoms with Crippen LogP contribution >= 0.6 is 0 Å². The molecule has 0 amide bonds. The third-order valence-electron chi connectivity index (χ3n) is 5.62. The first-order valence-corrected chi connectivity index (χ1v) is 10.7. The number of pyridine rings is 1. The summed E-state index contributed by atoms with van der Waals surface area (Å²) < 4.78 is 16.1. The molecule has 1 spiro atoms. The summed E-state index contributed by atoms with van der Waals surface area (Å²) in [4.78, 5) is 7.23. The van der Waals surface area contributed by atoms with Crippen molar-refractivity contribution < 1.29 is 4.55 Å². The monoisotopic (exact) mass is 363 g/mol. The molecule has 2 heterocycles. The summed E-state index contributed by atoms with van der Waals surface area (Å²) >= 11 is -1.07. The van der Waals surface area contributed by atoms with E-state index in [0.29, 0.717) is 5.92 Å². The van der Waals surface area contributed by atoms with Crippen LogP contribution in [0.3, 0.4) is 0 Å². The SMILES string of the molecule is CC(C)CN1CCC2(CC1)Cc1ncccc1[C@H]2N[S+]([O-])C(C)(C)C. The Hall–Kier alpha value is -0.620. The van der Waals surface area contributed by atoms with Crippen LogP contribution in [0.15, 0.2) is 18.3 Å². The number of piperidine rings is 1. The maximum atomic E-state index is 12.8. The van der Waals surface area contributed by atoms with Crippen molar-refractivity contribution in [3.05, 3.63) is 29.6 Å². The van der Waals surface area contributed by atoms with Crippen molar-refractivity contribution in [2.45, 2.75) is 64.7 Å². The van der Waals surface area contributed by atoms with E-state index in [0.717, 1.165) is 32.4 Å². The van der Waals surface area contributed by atoms with Gasteiger partial charge in [-0.1, -0.05) is 19.9 Å². The zero-order chi connectivity index (χ0) is 18.2. The Morgan fingerprint density at radius 1 is 1.36 bits per heavy atom. The minimum atomic E-state index is -1.07. The van der Waals surface area contributed by atoms with Crippen molar-refractivity contribution in [3.63, 3.8) is 0 Å². The van der Waals surface area contributed by atoms with Gasteiger partial charge in [0.05, 0.1) is 6.04 Å². The Bertz CT molecular complexity index is 591. The molecule has 4 nitrogen and oxygen atoms in total. The van der Waals surface area contributed by atoms with Gasteiger partial charge in [0.25, 0.3) is 0 Å². The first-order valence-electron chi connectivity index (χ1n) is 9.55. The summed E-state index contributed by atoms with van der Waals surface area (Å²) in [7, 11) is 0. The molecule has 0 bridgehead atoms. The molecule has 1 aromatic rings. The smallest absolute Gasteiger partial charge is 0.136 e. The molecule has 1 aromatic heterocycles. The van der Waals surface area contributed by atoms with Crippen LogP contribution in [0.25, 0.3) is 0 Å². The van der Waals surface area contributed by atoms with E-state index in [4.69, 9.17) is 0 Å². The van der Waals surface area contributed by atoms with Crippen LogP contribution in [0.1, 0.15) is 64.8 Å². The van der Waals surface area contributed by atoms with E-state index in [1.807, 2.05) is 33.0 Å². The van der Waals surface area contributed by atoms with Crippen molar-refractivity contribution in [1.29, 1.82) is 0 Å². The molecule has 140 valence electrons. The van der Waals surface area contributed by atoms with Crippen LogP contribution < -0.4 is 4.72 Å². The van der Waals surface area contributed by atoms with Crippen LogP contribution in [0.5, 0.6) is 0 Å². The molecular formula is C20H33N3OS. The molecule has 1 aliphatic carbocycles. The highest BCUT2D eigenvalue weighted by Gasteiger charge is 2.50. The van der Waals surface area contributed by atoms with Crippen molar-refractivity contribution >= 4 is 11.4 Å². The second-order valence-electron chi connectivity index (χ2n) is 9.20. The number of likely N-dealkylation sites (tertiary alicyclic amines) is 1. The molecule has 1 saturated heterocycles. The summed E-state index contributed by atoms with van der Waals surface area (Å²) in [5.74, 6) is 0.707. The lowest BCUT2D eigenvalue weighted by Crippen LogP contribution is -2.50. The zero-order valence-electron chi connectivity index (χ0n) is 16.3. The molecule has 25 heavy (non-hydrogen) atoms. The van der Waals surface area contributed by atoms with E-state index in [9.17, 15) is 4.55 Å². The quantitative estimate of drug-likeness (QED) is 0.832. The molecule has 1 unspecified atom stereocenters. The highest BCUT2D eigenvalue weighted by Crippen LogP contribution is 2.52. The summed E-state index contributed by atoms with van der Waals surface area (Å²) in [6, 6.07) is 4.34. The average molecular weight is 364 g/mol. The number of hydrogen-bond donors (Lipinski definition) is 1. The summed E-state index contributed by atoms with van der Waals surface area (Å²) in [5.41, 5.74) is 2.62. The minimum absolute atomic E-state index is 0.150. The highest BCUT2D eigenvalue weighted by molar-refractivity contribution is 7.90. The van der Waals surface area contributed by atoms with Gasteiger partial charge >= 0.3 is 0 Å². The molecular weight excluding hydrogens is 330 g/mol. The maximum Gasteiger partial charge on any atom is 0.136 e. The highest BCUT2D eigenvalue weighted by atomic mass is 32.2. The van der Waals surface area contributed by atoms with Crippen LogP contribution in [0.4, 0.5) is 0 Å². The van der Waals surface area contributed by atoms with E-state index < -0.39 is 11.4 Å². The Labute approximate surface area is 156 Å². The number of fused-ring (bicyclic) bond motifs is 1. The van der Waals surface area contributed by atoms with Crippen LogP contribution in [-0.2, 0) is 17.8 Å². The predicted octanol–water partition coefficient (Wildman–Crippen LogP) is 3.47. The van der Waals surface area contributed by atoms with Gasteiger partial charge in [-0.3, -0.25) is 4.98 Å².